The summed E-state index contributed by atoms with van der Waals surface area (Å²) in [5.74, 6) is 0.269. The van der Waals surface area contributed by atoms with Gasteiger partial charge in [0.1, 0.15) is 0 Å². The van der Waals surface area contributed by atoms with Gasteiger partial charge in [0.05, 0.1) is 0 Å². The molecular formula is C15H22N2O. The second kappa shape index (κ2) is 6.01. The van der Waals surface area contributed by atoms with Crippen molar-refractivity contribution in [3.05, 3.63) is 29.8 Å². The van der Waals surface area contributed by atoms with Crippen molar-refractivity contribution >= 4 is 11.6 Å². The lowest BCUT2D eigenvalue weighted by molar-refractivity contribution is -0.118. The number of para-hydroxylation sites is 1. The quantitative estimate of drug-likeness (QED) is 0.865. The molecule has 0 fully saturated rings. The van der Waals surface area contributed by atoms with Gasteiger partial charge in [0.25, 0.3) is 0 Å². The van der Waals surface area contributed by atoms with Gasteiger partial charge in [-0.3, -0.25) is 4.79 Å². The van der Waals surface area contributed by atoms with Gasteiger partial charge in [-0.05, 0) is 44.9 Å². The van der Waals surface area contributed by atoms with Crippen molar-refractivity contribution in [2.75, 3.05) is 18.5 Å². The number of nitrogens with zero attached hydrogens (tertiary/aromatic N) is 1. The summed E-state index contributed by atoms with van der Waals surface area (Å²) in [5, 5.41) is 3.23. The Balaban J connectivity index is 2.01. The first-order valence-electron chi connectivity index (χ1n) is 6.78. The predicted octanol–water partition coefficient (Wildman–Crippen LogP) is 2.35. The van der Waals surface area contributed by atoms with Gasteiger partial charge in [0.2, 0.25) is 5.91 Å². The van der Waals surface area contributed by atoms with Crippen molar-refractivity contribution < 1.29 is 4.79 Å². The zero-order chi connectivity index (χ0) is 13.0. The average molecular weight is 246 g/mol. The van der Waals surface area contributed by atoms with Crippen molar-refractivity contribution in [1.29, 1.82) is 0 Å². The smallest absolute Gasteiger partial charge is 0.227 e. The van der Waals surface area contributed by atoms with E-state index in [1.165, 1.54) is 5.56 Å². The zero-order valence-electron chi connectivity index (χ0n) is 11.3. The number of carbonyl (C=O) groups is 1. The molecule has 0 aliphatic carbocycles. The number of amides is 1. The average Bonchev–Trinajstić information content (AvgIpc) is 2.41. The van der Waals surface area contributed by atoms with Crippen molar-refractivity contribution in [3.8, 4) is 0 Å². The van der Waals surface area contributed by atoms with E-state index in [0.29, 0.717) is 12.5 Å². The highest BCUT2D eigenvalue weighted by atomic mass is 16.2. The molecular weight excluding hydrogens is 224 g/mol. The maximum absolute atomic E-state index is 12.0. The van der Waals surface area contributed by atoms with Crippen LogP contribution in [-0.2, 0) is 11.2 Å². The first kappa shape index (κ1) is 13.1. The Kier molecular flexibility index (Phi) is 4.37. The molecule has 0 spiro atoms. The van der Waals surface area contributed by atoms with E-state index in [0.717, 1.165) is 31.5 Å². The van der Waals surface area contributed by atoms with Gasteiger partial charge < -0.3 is 10.2 Å². The molecule has 1 aromatic rings. The number of anilines is 1. The molecule has 1 heterocycles. The van der Waals surface area contributed by atoms with Gasteiger partial charge in [0, 0.05) is 24.7 Å². The first-order chi connectivity index (χ1) is 8.72. The van der Waals surface area contributed by atoms with Crippen molar-refractivity contribution in [2.45, 2.75) is 38.6 Å². The standard InChI is InChI=1S/C15H22N2O/c1-12(16-2)6-5-11-17-14-8-4-3-7-13(14)9-10-15(17)18/h3-4,7-8,12,16H,5-6,9-11H2,1-2H3. The Labute approximate surface area is 109 Å². The number of nitrogens with one attached hydrogen (secondary N) is 1. The molecule has 0 bridgehead atoms. The van der Waals surface area contributed by atoms with Crippen LogP contribution in [-0.4, -0.2) is 25.5 Å². The number of benzene rings is 1. The number of hydrogen-bond acceptors (Lipinski definition) is 2. The number of hydrogen-bond donors (Lipinski definition) is 1. The van der Waals surface area contributed by atoms with Crippen molar-refractivity contribution in [1.82, 2.24) is 5.32 Å². The lowest BCUT2D eigenvalue weighted by atomic mass is 10.0. The summed E-state index contributed by atoms with van der Waals surface area (Å²) in [6, 6.07) is 8.77. The molecule has 1 aliphatic rings. The summed E-state index contributed by atoms with van der Waals surface area (Å²) < 4.78 is 0. The van der Waals surface area contributed by atoms with Crippen LogP contribution in [0.4, 0.5) is 5.69 Å². The van der Waals surface area contributed by atoms with E-state index in [1.54, 1.807) is 0 Å². The van der Waals surface area contributed by atoms with Gasteiger partial charge in [-0.15, -0.1) is 0 Å². The van der Waals surface area contributed by atoms with E-state index in [1.807, 2.05) is 18.0 Å². The maximum atomic E-state index is 12.0. The van der Waals surface area contributed by atoms with Crippen LogP contribution < -0.4 is 10.2 Å². The molecule has 1 amide bonds. The summed E-state index contributed by atoms with van der Waals surface area (Å²) in [4.78, 5) is 14.0. The van der Waals surface area contributed by atoms with Crippen LogP contribution in [0.5, 0.6) is 0 Å². The Morgan fingerprint density at radius 1 is 1.33 bits per heavy atom. The number of aryl methyl sites for hydroxylation is 1. The SMILES string of the molecule is CNC(C)CCCN1C(=O)CCc2ccccc21. The molecule has 18 heavy (non-hydrogen) atoms. The summed E-state index contributed by atoms with van der Waals surface area (Å²) in [7, 11) is 1.98. The lowest BCUT2D eigenvalue weighted by Gasteiger charge is -2.29. The van der Waals surface area contributed by atoms with E-state index in [9.17, 15) is 4.79 Å². The van der Waals surface area contributed by atoms with Gasteiger partial charge in [-0.1, -0.05) is 18.2 Å². The Morgan fingerprint density at radius 3 is 2.89 bits per heavy atom. The van der Waals surface area contributed by atoms with Crippen LogP contribution in [0.3, 0.4) is 0 Å². The fourth-order valence-corrected chi connectivity index (χ4v) is 2.44. The fourth-order valence-electron chi connectivity index (χ4n) is 2.44. The molecule has 1 unspecified atom stereocenters. The van der Waals surface area contributed by atoms with Crippen LogP contribution >= 0.6 is 0 Å². The third kappa shape index (κ3) is 2.91. The van der Waals surface area contributed by atoms with E-state index in [-0.39, 0.29) is 5.91 Å². The highest BCUT2D eigenvalue weighted by Gasteiger charge is 2.22. The molecule has 1 aromatic carbocycles. The third-order valence-electron chi connectivity index (χ3n) is 3.70. The minimum absolute atomic E-state index is 0.269. The van der Waals surface area contributed by atoms with Crippen LogP contribution in [0.1, 0.15) is 31.7 Å². The molecule has 0 saturated carbocycles. The van der Waals surface area contributed by atoms with Gasteiger partial charge in [0.15, 0.2) is 0 Å². The monoisotopic (exact) mass is 246 g/mol. The van der Waals surface area contributed by atoms with Crippen LogP contribution in [0.25, 0.3) is 0 Å². The number of fused-ring (bicyclic) bond motifs is 1. The maximum Gasteiger partial charge on any atom is 0.227 e. The molecule has 0 radical (unpaired) electrons. The Hall–Kier alpha value is -1.35. The topological polar surface area (TPSA) is 32.3 Å². The lowest BCUT2D eigenvalue weighted by Crippen LogP contribution is -2.36. The van der Waals surface area contributed by atoms with E-state index in [4.69, 9.17) is 0 Å². The van der Waals surface area contributed by atoms with Crippen molar-refractivity contribution in [3.63, 3.8) is 0 Å². The summed E-state index contributed by atoms with van der Waals surface area (Å²) in [6.07, 6.45) is 3.68. The molecule has 0 aromatic heterocycles. The normalized spacial score (nSPS) is 16.6. The summed E-state index contributed by atoms with van der Waals surface area (Å²) in [6.45, 7) is 3.01. The minimum Gasteiger partial charge on any atom is -0.317 e. The van der Waals surface area contributed by atoms with Gasteiger partial charge in [-0.25, -0.2) is 0 Å². The van der Waals surface area contributed by atoms with E-state index >= 15 is 0 Å². The molecule has 3 nitrogen and oxygen atoms in total. The molecule has 3 heteroatoms. The largest absolute Gasteiger partial charge is 0.317 e. The number of carbonyl (C=O) groups excluding carboxylic acids is 1. The van der Waals surface area contributed by atoms with Gasteiger partial charge >= 0.3 is 0 Å². The zero-order valence-corrected chi connectivity index (χ0v) is 11.3. The minimum atomic E-state index is 0.269. The first-order valence-corrected chi connectivity index (χ1v) is 6.78. The Morgan fingerprint density at radius 2 is 2.11 bits per heavy atom. The summed E-state index contributed by atoms with van der Waals surface area (Å²) >= 11 is 0. The molecule has 98 valence electrons. The predicted molar refractivity (Wildman–Crippen MR) is 74.9 cm³/mol. The van der Waals surface area contributed by atoms with Crippen LogP contribution in [0, 0.1) is 0 Å². The second-order valence-electron chi connectivity index (χ2n) is 5.01. The van der Waals surface area contributed by atoms with Crippen LogP contribution in [0.2, 0.25) is 0 Å². The number of rotatable bonds is 5. The molecule has 1 N–H and O–H groups in total. The molecule has 1 atom stereocenters. The second-order valence-corrected chi connectivity index (χ2v) is 5.01. The third-order valence-corrected chi connectivity index (χ3v) is 3.70. The Bertz CT molecular complexity index is 417. The van der Waals surface area contributed by atoms with Crippen LogP contribution in [0.15, 0.2) is 24.3 Å². The molecule has 1 aliphatic heterocycles. The highest BCUT2D eigenvalue weighted by Crippen LogP contribution is 2.27. The molecule has 2 rings (SSSR count). The van der Waals surface area contributed by atoms with Crippen molar-refractivity contribution in [2.24, 2.45) is 0 Å². The molecule has 0 saturated heterocycles. The van der Waals surface area contributed by atoms with E-state index < -0.39 is 0 Å². The van der Waals surface area contributed by atoms with Gasteiger partial charge in [-0.2, -0.15) is 0 Å². The summed E-state index contributed by atoms with van der Waals surface area (Å²) in [5.41, 5.74) is 2.42. The fraction of sp³-hybridized carbons (Fsp3) is 0.533. The highest BCUT2D eigenvalue weighted by molar-refractivity contribution is 5.96. The van der Waals surface area contributed by atoms with E-state index in [2.05, 4.69) is 30.4 Å².